The minimum Gasteiger partial charge on any atom is -0.220 e. The Morgan fingerprint density at radius 3 is 2.22 bits per heavy atom. The molecule has 0 bridgehead atoms. The van der Waals surface area contributed by atoms with Crippen LogP contribution in [0.2, 0.25) is 0 Å². The number of hydrogen-bond acceptors (Lipinski definition) is 3. The van der Waals surface area contributed by atoms with Gasteiger partial charge in [-0.05, 0) is 43.3 Å². The molecule has 1 aromatic heterocycles. The number of halogens is 3. The summed E-state index contributed by atoms with van der Waals surface area (Å²) in [6.07, 6.45) is -2.65. The molecule has 0 N–H and O–H groups in total. The number of aryl methyl sites for hydroxylation is 1. The van der Waals surface area contributed by atoms with E-state index in [4.69, 9.17) is 0 Å². The molecule has 3 nitrogen and oxygen atoms in total. The first-order chi connectivity index (χ1) is 10.9. The van der Waals surface area contributed by atoms with Crippen LogP contribution >= 0.6 is 11.8 Å². The van der Waals surface area contributed by atoms with Crippen molar-refractivity contribution in [3.8, 4) is 5.69 Å². The van der Waals surface area contributed by atoms with Gasteiger partial charge in [0.1, 0.15) is 5.03 Å². The molecule has 7 heteroatoms. The smallest absolute Gasteiger partial charge is 0.220 e. The van der Waals surface area contributed by atoms with Gasteiger partial charge in [0.25, 0.3) is 0 Å². The van der Waals surface area contributed by atoms with Crippen LogP contribution in [0, 0.1) is 6.92 Å². The molecule has 0 unspecified atom stereocenters. The average molecular weight is 335 g/mol. The molecule has 0 saturated carbocycles. The number of hydrogen-bond donors (Lipinski definition) is 0. The summed E-state index contributed by atoms with van der Waals surface area (Å²) in [7, 11) is 0. The Balaban J connectivity index is 1.77. The van der Waals surface area contributed by atoms with Crippen LogP contribution in [0.5, 0.6) is 0 Å². The molecule has 0 spiro atoms. The second-order valence-electron chi connectivity index (χ2n) is 4.96. The molecular formula is C16H12F3N3S. The molecule has 2 aromatic carbocycles. The van der Waals surface area contributed by atoms with Gasteiger partial charge in [-0.15, -0.1) is 5.10 Å². The lowest BCUT2D eigenvalue weighted by Gasteiger charge is -2.07. The van der Waals surface area contributed by atoms with Crippen molar-refractivity contribution in [2.75, 3.05) is 0 Å². The van der Waals surface area contributed by atoms with E-state index in [0.29, 0.717) is 10.7 Å². The third kappa shape index (κ3) is 3.73. The van der Waals surface area contributed by atoms with Gasteiger partial charge >= 0.3 is 6.18 Å². The van der Waals surface area contributed by atoms with E-state index in [9.17, 15) is 13.2 Å². The maximum Gasteiger partial charge on any atom is 0.416 e. The Morgan fingerprint density at radius 1 is 0.957 bits per heavy atom. The largest absolute Gasteiger partial charge is 0.416 e. The number of benzene rings is 2. The van der Waals surface area contributed by atoms with Gasteiger partial charge in [0.15, 0.2) is 0 Å². The third-order valence-corrected chi connectivity index (χ3v) is 4.08. The van der Waals surface area contributed by atoms with E-state index in [2.05, 4.69) is 10.3 Å². The summed E-state index contributed by atoms with van der Waals surface area (Å²) < 4.78 is 39.1. The summed E-state index contributed by atoms with van der Waals surface area (Å²) in [4.78, 5) is 1.02. The van der Waals surface area contributed by atoms with Gasteiger partial charge in [-0.25, -0.2) is 4.68 Å². The van der Waals surface area contributed by atoms with Crippen molar-refractivity contribution < 1.29 is 13.2 Å². The van der Waals surface area contributed by atoms with E-state index in [-0.39, 0.29) is 0 Å². The summed E-state index contributed by atoms with van der Waals surface area (Å²) >= 11 is 1.44. The Bertz CT molecular complexity index is 793. The Kier molecular flexibility index (Phi) is 4.12. The molecule has 0 aliphatic rings. The molecule has 0 radical (unpaired) electrons. The summed E-state index contributed by atoms with van der Waals surface area (Å²) in [6.45, 7) is 2.01. The quantitative estimate of drug-likeness (QED) is 0.692. The zero-order valence-electron chi connectivity index (χ0n) is 12.1. The molecule has 0 atom stereocenters. The van der Waals surface area contributed by atoms with Gasteiger partial charge in [0, 0.05) is 4.90 Å². The summed E-state index contributed by atoms with van der Waals surface area (Å²) in [6, 6.07) is 12.8. The zero-order chi connectivity index (χ0) is 16.4. The highest BCUT2D eigenvalue weighted by Crippen LogP contribution is 2.30. The van der Waals surface area contributed by atoms with Crippen molar-refractivity contribution in [1.82, 2.24) is 15.0 Å². The molecule has 0 aliphatic carbocycles. The van der Waals surface area contributed by atoms with Gasteiger partial charge in [0.2, 0.25) is 0 Å². The predicted molar refractivity (Wildman–Crippen MR) is 81.7 cm³/mol. The van der Waals surface area contributed by atoms with Crippen LogP contribution in [-0.4, -0.2) is 15.0 Å². The summed E-state index contributed by atoms with van der Waals surface area (Å²) in [5.74, 6) is 0. The van der Waals surface area contributed by atoms with Crippen LogP contribution in [0.4, 0.5) is 13.2 Å². The lowest BCUT2D eigenvalue weighted by molar-refractivity contribution is -0.137. The van der Waals surface area contributed by atoms with Crippen molar-refractivity contribution >= 4 is 11.8 Å². The topological polar surface area (TPSA) is 30.7 Å². The minimum absolute atomic E-state index is 0.529. The standard InChI is InChI=1S/C16H12F3N3S/c1-11-2-8-14(9-3-11)23-15-10-22(21-20-15)13-6-4-12(5-7-13)16(17,18)19/h2-10H,1H3. The SMILES string of the molecule is Cc1ccc(Sc2cn(-c3ccc(C(F)(F)F)cc3)nn2)cc1. The van der Waals surface area contributed by atoms with Crippen LogP contribution in [0.3, 0.4) is 0 Å². The van der Waals surface area contributed by atoms with E-state index in [1.54, 1.807) is 6.20 Å². The molecule has 0 saturated heterocycles. The van der Waals surface area contributed by atoms with E-state index in [0.717, 1.165) is 17.0 Å². The molecule has 23 heavy (non-hydrogen) atoms. The minimum atomic E-state index is -4.34. The van der Waals surface area contributed by atoms with E-state index in [1.165, 1.54) is 34.1 Å². The highest BCUT2D eigenvalue weighted by Gasteiger charge is 2.30. The maximum absolute atomic E-state index is 12.6. The van der Waals surface area contributed by atoms with Crippen molar-refractivity contribution in [2.24, 2.45) is 0 Å². The second-order valence-corrected chi connectivity index (χ2v) is 6.05. The van der Waals surface area contributed by atoms with Crippen molar-refractivity contribution in [2.45, 2.75) is 23.0 Å². The first-order valence-corrected chi connectivity index (χ1v) is 7.58. The monoisotopic (exact) mass is 335 g/mol. The maximum atomic E-state index is 12.6. The fourth-order valence-corrected chi connectivity index (χ4v) is 2.70. The molecule has 118 valence electrons. The zero-order valence-corrected chi connectivity index (χ0v) is 12.9. The molecule has 0 fully saturated rings. The van der Waals surface area contributed by atoms with Gasteiger partial charge in [-0.1, -0.05) is 34.7 Å². The van der Waals surface area contributed by atoms with Crippen molar-refractivity contribution in [3.63, 3.8) is 0 Å². The third-order valence-electron chi connectivity index (χ3n) is 3.17. The van der Waals surface area contributed by atoms with Crippen LogP contribution in [-0.2, 0) is 6.18 Å². The van der Waals surface area contributed by atoms with Gasteiger partial charge in [0.05, 0.1) is 17.4 Å². The normalized spacial score (nSPS) is 11.7. The molecule has 1 heterocycles. The number of aromatic nitrogens is 3. The number of rotatable bonds is 3. The number of nitrogens with zero attached hydrogens (tertiary/aromatic N) is 3. The Labute approximate surface area is 135 Å². The number of alkyl halides is 3. The lowest BCUT2D eigenvalue weighted by atomic mass is 10.2. The highest BCUT2D eigenvalue weighted by atomic mass is 32.2. The summed E-state index contributed by atoms with van der Waals surface area (Å²) in [5, 5.41) is 8.67. The van der Waals surface area contributed by atoms with Gasteiger partial charge < -0.3 is 0 Å². The first-order valence-electron chi connectivity index (χ1n) is 6.76. The fourth-order valence-electron chi connectivity index (χ4n) is 1.95. The average Bonchev–Trinajstić information content (AvgIpc) is 2.97. The van der Waals surface area contributed by atoms with Gasteiger partial charge in [-0.2, -0.15) is 13.2 Å². The first kappa shape index (κ1) is 15.6. The molecule has 0 aliphatic heterocycles. The Morgan fingerprint density at radius 2 is 1.61 bits per heavy atom. The summed E-state index contributed by atoms with van der Waals surface area (Å²) in [5.41, 5.74) is 1.01. The second kappa shape index (κ2) is 6.08. The Hall–Kier alpha value is -2.28. The molecule has 3 rings (SSSR count). The van der Waals surface area contributed by atoms with Crippen molar-refractivity contribution in [3.05, 3.63) is 65.9 Å². The van der Waals surface area contributed by atoms with Crippen LogP contribution in [0.15, 0.2) is 64.6 Å². The fraction of sp³-hybridized carbons (Fsp3) is 0.125. The molecule has 3 aromatic rings. The van der Waals surface area contributed by atoms with Crippen LogP contribution in [0.1, 0.15) is 11.1 Å². The molecular weight excluding hydrogens is 323 g/mol. The van der Waals surface area contributed by atoms with E-state index in [1.807, 2.05) is 31.2 Å². The lowest BCUT2D eigenvalue weighted by Crippen LogP contribution is -2.05. The van der Waals surface area contributed by atoms with Crippen LogP contribution < -0.4 is 0 Å². The van der Waals surface area contributed by atoms with Crippen molar-refractivity contribution in [1.29, 1.82) is 0 Å². The molecule has 0 amide bonds. The van der Waals surface area contributed by atoms with E-state index < -0.39 is 11.7 Å². The highest BCUT2D eigenvalue weighted by molar-refractivity contribution is 7.99. The van der Waals surface area contributed by atoms with Gasteiger partial charge in [-0.3, -0.25) is 0 Å². The predicted octanol–water partition coefficient (Wildman–Crippen LogP) is 4.75. The van der Waals surface area contributed by atoms with E-state index >= 15 is 0 Å². The van der Waals surface area contributed by atoms with Crippen LogP contribution in [0.25, 0.3) is 5.69 Å².